The lowest BCUT2D eigenvalue weighted by molar-refractivity contribution is 0.0736. The van der Waals surface area contributed by atoms with Crippen LogP contribution in [0.2, 0.25) is 0 Å². The Morgan fingerprint density at radius 3 is 2.50 bits per heavy atom. The Hall–Kier alpha value is -3.72. The third kappa shape index (κ3) is 5.43. The number of nitrogens with zero attached hydrogens (tertiary/aromatic N) is 2. The van der Waals surface area contributed by atoms with Crippen LogP contribution in [0.1, 0.15) is 50.7 Å². The minimum Gasteiger partial charge on any atom is -0.350 e. The summed E-state index contributed by atoms with van der Waals surface area (Å²) in [6, 6.07) is 13.9. The average Bonchev–Trinajstić information content (AvgIpc) is 3.20. The van der Waals surface area contributed by atoms with Crippen molar-refractivity contribution in [2.75, 3.05) is 17.2 Å². The van der Waals surface area contributed by atoms with Gasteiger partial charge in [-0.15, -0.1) is 0 Å². The number of rotatable bonds is 5. The zero-order valence-corrected chi connectivity index (χ0v) is 20.2. The second-order valence-electron chi connectivity index (χ2n) is 8.48. The van der Waals surface area contributed by atoms with Crippen LogP contribution >= 0.6 is 11.3 Å². The van der Waals surface area contributed by atoms with E-state index in [9.17, 15) is 14.4 Å². The number of aryl methyl sites for hydroxylation is 1. The molecular formula is C25H27N5O3S. The summed E-state index contributed by atoms with van der Waals surface area (Å²) >= 11 is 1.36. The fourth-order valence-electron chi connectivity index (χ4n) is 3.68. The van der Waals surface area contributed by atoms with Crippen molar-refractivity contribution in [3.63, 3.8) is 0 Å². The molecule has 2 aromatic carbocycles. The molecule has 0 saturated heterocycles. The molecule has 1 aliphatic rings. The lowest BCUT2D eigenvalue weighted by atomic mass is 10.1. The van der Waals surface area contributed by atoms with Crippen molar-refractivity contribution in [3.05, 3.63) is 75.8 Å². The maximum absolute atomic E-state index is 12.9. The lowest BCUT2D eigenvalue weighted by Gasteiger charge is -2.26. The van der Waals surface area contributed by atoms with Crippen molar-refractivity contribution < 1.29 is 14.4 Å². The second-order valence-corrected chi connectivity index (χ2v) is 9.57. The fourth-order valence-corrected chi connectivity index (χ4v) is 4.70. The molecule has 9 heteroatoms. The number of hydrogen-bond acceptors (Lipinski definition) is 5. The second kappa shape index (κ2) is 10.0. The summed E-state index contributed by atoms with van der Waals surface area (Å²) in [7, 11) is 0. The van der Waals surface area contributed by atoms with Crippen LogP contribution in [-0.2, 0) is 13.0 Å². The summed E-state index contributed by atoms with van der Waals surface area (Å²) in [6.07, 6.45) is 0.630. The van der Waals surface area contributed by atoms with Crippen LogP contribution in [0.25, 0.3) is 0 Å². The van der Waals surface area contributed by atoms with E-state index in [1.165, 1.54) is 11.3 Å². The Morgan fingerprint density at radius 2 is 1.76 bits per heavy atom. The van der Waals surface area contributed by atoms with Crippen molar-refractivity contribution >= 4 is 40.0 Å². The first-order chi connectivity index (χ1) is 16.3. The first kappa shape index (κ1) is 23.4. The van der Waals surface area contributed by atoms with Gasteiger partial charge < -0.3 is 15.5 Å². The number of para-hydroxylation sites is 1. The van der Waals surface area contributed by atoms with Gasteiger partial charge in [0.25, 0.3) is 11.8 Å². The topological polar surface area (TPSA) is 103 Å². The van der Waals surface area contributed by atoms with E-state index in [4.69, 9.17) is 0 Å². The average molecular weight is 478 g/mol. The maximum atomic E-state index is 12.9. The molecule has 0 unspecified atom stereocenters. The number of urea groups is 1. The summed E-state index contributed by atoms with van der Waals surface area (Å²) < 4.78 is 0. The Bertz CT molecular complexity index is 1220. The minimum absolute atomic E-state index is 0.0115. The Kier molecular flexibility index (Phi) is 6.93. The number of thiazole rings is 1. The Balaban J connectivity index is 1.41. The van der Waals surface area contributed by atoms with Crippen LogP contribution < -0.4 is 16.0 Å². The predicted octanol–water partition coefficient (Wildman–Crippen LogP) is 4.43. The molecule has 0 fully saturated rings. The normalized spacial score (nSPS) is 12.8. The zero-order chi connectivity index (χ0) is 24.2. The van der Waals surface area contributed by atoms with Gasteiger partial charge in [-0.05, 0) is 45.0 Å². The van der Waals surface area contributed by atoms with E-state index in [2.05, 4.69) is 20.9 Å². The SMILES string of the molecule is Cc1ccc(C(=O)N2CCc3nc(NC(=O)Nc4ccccc4C(=O)NC(C)C)sc3C2)cc1. The first-order valence-electron chi connectivity index (χ1n) is 11.1. The number of nitrogens with one attached hydrogen (secondary N) is 3. The minimum atomic E-state index is -0.483. The van der Waals surface area contributed by atoms with Crippen LogP contribution in [0.3, 0.4) is 0 Å². The number of hydrogen-bond donors (Lipinski definition) is 3. The third-order valence-electron chi connectivity index (χ3n) is 5.38. The Labute approximate surface area is 202 Å². The maximum Gasteiger partial charge on any atom is 0.325 e. The van der Waals surface area contributed by atoms with E-state index >= 15 is 0 Å². The molecule has 34 heavy (non-hydrogen) atoms. The molecule has 0 spiro atoms. The highest BCUT2D eigenvalue weighted by atomic mass is 32.1. The molecule has 1 aromatic heterocycles. The molecule has 0 saturated carbocycles. The van der Waals surface area contributed by atoms with Gasteiger partial charge in [0.15, 0.2) is 5.13 Å². The molecule has 0 bridgehead atoms. The zero-order valence-electron chi connectivity index (χ0n) is 19.3. The van der Waals surface area contributed by atoms with Gasteiger partial charge in [0.2, 0.25) is 0 Å². The fraction of sp³-hybridized carbons (Fsp3) is 0.280. The molecule has 3 aromatic rings. The van der Waals surface area contributed by atoms with Crippen molar-refractivity contribution in [1.82, 2.24) is 15.2 Å². The van der Waals surface area contributed by atoms with E-state index in [0.717, 1.165) is 16.1 Å². The van der Waals surface area contributed by atoms with Gasteiger partial charge in [-0.2, -0.15) is 0 Å². The highest BCUT2D eigenvalue weighted by molar-refractivity contribution is 7.15. The number of benzene rings is 2. The first-order valence-corrected chi connectivity index (χ1v) is 11.9. The monoisotopic (exact) mass is 477 g/mol. The number of carbonyl (C=O) groups is 3. The van der Waals surface area contributed by atoms with Crippen LogP contribution in [-0.4, -0.2) is 40.3 Å². The van der Waals surface area contributed by atoms with Gasteiger partial charge in [0.05, 0.1) is 23.5 Å². The molecule has 0 aliphatic carbocycles. The van der Waals surface area contributed by atoms with Crippen molar-refractivity contribution in [3.8, 4) is 0 Å². The summed E-state index contributed by atoms with van der Waals surface area (Å²) in [5.74, 6) is -0.267. The molecule has 3 N–H and O–H groups in total. The number of aromatic nitrogens is 1. The lowest BCUT2D eigenvalue weighted by Crippen LogP contribution is -2.35. The summed E-state index contributed by atoms with van der Waals surface area (Å²) in [6.45, 7) is 6.78. The quantitative estimate of drug-likeness (QED) is 0.506. The third-order valence-corrected chi connectivity index (χ3v) is 6.37. The number of carbonyl (C=O) groups excluding carboxylic acids is 3. The van der Waals surface area contributed by atoms with E-state index < -0.39 is 6.03 Å². The van der Waals surface area contributed by atoms with Crippen molar-refractivity contribution in [1.29, 1.82) is 0 Å². The van der Waals surface area contributed by atoms with E-state index in [1.807, 2.05) is 45.0 Å². The van der Waals surface area contributed by atoms with Crippen LogP contribution in [0, 0.1) is 6.92 Å². The number of amides is 4. The molecule has 0 radical (unpaired) electrons. The number of anilines is 2. The van der Waals surface area contributed by atoms with Gasteiger partial charge in [-0.3, -0.25) is 14.9 Å². The summed E-state index contributed by atoms with van der Waals surface area (Å²) in [4.78, 5) is 45.2. The van der Waals surface area contributed by atoms with E-state index in [1.54, 1.807) is 29.2 Å². The van der Waals surface area contributed by atoms with Crippen LogP contribution in [0.4, 0.5) is 15.6 Å². The number of fused-ring (bicyclic) bond motifs is 1. The Morgan fingerprint density at radius 1 is 1.03 bits per heavy atom. The standard InChI is InChI=1S/C25H27N5O3S/c1-15(2)26-22(31)18-6-4-5-7-19(18)27-24(33)29-25-28-20-12-13-30(14-21(20)34-25)23(32)17-10-8-16(3)9-11-17/h4-11,15H,12-14H2,1-3H3,(H,26,31)(H2,27,28,29,33). The molecular weight excluding hydrogens is 450 g/mol. The molecule has 4 amide bonds. The molecule has 176 valence electrons. The van der Waals surface area contributed by atoms with E-state index in [0.29, 0.717) is 41.5 Å². The predicted molar refractivity (Wildman–Crippen MR) is 133 cm³/mol. The van der Waals surface area contributed by atoms with E-state index in [-0.39, 0.29) is 17.9 Å². The largest absolute Gasteiger partial charge is 0.350 e. The molecule has 1 aliphatic heterocycles. The molecule has 0 atom stereocenters. The van der Waals surface area contributed by atoms with Gasteiger partial charge in [0, 0.05) is 29.4 Å². The highest BCUT2D eigenvalue weighted by Crippen LogP contribution is 2.29. The van der Waals surface area contributed by atoms with Crippen molar-refractivity contribution in [2.24, 2.45) is 0 Å². The van der Waals surface area contributed by atoms with Crippen molar-refractivity contribution in [2.45, 2.75) is 39.8 Å². The van der Waals surface area contributed by atoms with Crippen LogP contribution in [0.15, 0.2) is 48.5 Å². The highest BCUT2D eigenvalue weighted by Gasteiger charge is 2.25. The van der Waals surface area contributed by atoms with Gasteiger partial charge in [-0.1, -0.05) is 41.2 Å². The van der Waals surface area contributed by atoms with Crippen LogP contribution in [0.5, 0.6) is 0 Å². The molecule has 8 nitrogen and oxygen atoms in total. The molecule has 4 rings (SSSR count). The van der Waals surface area contributed by atoms with Gasteiger partial charge in [-0.25, -0.2) is 9.78 Å². The smallest absolute Gasteiger partial charge is 0.325 e. The van der Waals surface area contributed by atoms with Gasteiger partial charge >= 0.3 is 6.03 Å². The summed E-state index contributed by atoms with van der Waals surface area (Å²) in [5, 5.41) is 8.78. The van der Waals surface area contributed by atoms with Gasteiger partial charge in [0.1, 0.15) is 0 Å². The molecule has 2 heterocycles. The summed E-state index contributed by atoms with van der Waals surface area (Å²) in [5.41, 5.74) is 3.46.